The maximum Gasteiger partial charge on any atom is 0.271 e. The zero-order valence-electron chi connectivity index (χ0n) is 18.9. The summed E-state index contributed by atoms with van der Waals surface area (Å²) < 4.78 is 28.0. The molecule has 4 N–H and O–H groups in total. The molecule has 35 heavy (non-hydrogen) atoms. The van der Waals surface area contributed by atoms with Crippen LogP contribution in [0.5, 0.6) is 0 Å². The first-order valence-electron chi connectivity index (χ1n) is 11.5. The molecular formula is C24H27F2N5O3S. The van der Waals surface area contributed by atoms with Gasteiger partial charge in [0.25, 0.3) is 5.91 Å². The summed E-state index contributed by atoms with van der Waals surface area (Å²) in [5.74, 6) is -5.71. The number of rotatable bonds is 9. The molecule has 4 rings (SSSR count). The fraction of sp³-hybridized carbons (Fsp3) is 0.458. The van der Waals surface area contributed by atoms with E-state index in [9.17, 15) is 23.5 Å². The molecule has 4 atom stereocenters. The van der Waals surface area contributed by atoms with Crippen LogP contribution in [-0.2, 0) is 11.2 Å². The molecule has 2 amide bonds. The third-order valence-corrected chi connectivity index (χ3v) is 7.12. The number of nitrogens with one attached hydrogen (secondary N) is 1. The first kappa shape index (κ1) is 25.1. The standard InChI is InChI=1S/C24H27F2N5O3S/c25-24(26)7-3-4-14(10-24)16(22(27)33)9-21(32)19(8-15-12-35-13-29-15)31-23(34)20-11-28-17-5-1-2-6-18(17)30-20/h1-2,5-6,11-14,16,19,21,32H,3-4,7-10H2,(H2,27,33)(H,31,34). The van der Waals surface area contributed by atoms with Crippen LogP contribution in [0.3, 0.4) is 0 Å². The molecule has 3 aromatic rings. The smallest absolute Gasteiger partial charge is 0.271 e. The zero-order valence-corrected chi connectivity index (χ0v) is 19.8. The lowest BCUT2D eigenvalue weighted by Gasteiger charge is -2.35. The molecule has 0 bridgehead atoms. The minimum absolute atomic E-state index is 0.0672. The van der Waals surface area contributed by atoms with Gasteiger partial charge in [0.2, 0.25) is 11.8 Å². The number of hydrogen-bond acceptors (Lipinski definition) is 7. The molecule has 0 spiro atoms. The van der Waals surface area contributed by atoms with Gasteiger partial charge in [0, 0.05) is 30.6 Å². The number of aromatic nitrogens is 3. The van der Waals surface area contributed by atoms with E-state index in [2.05, 4.69) is 20.3 Å². The molecule has 1 fully saturated rings. The number of alkyl halides is 2. The first-order valence-corrected chi connectivity index (χ1v) is 12.4. The van der Waals surface area contributed by atoms with Crippen molar-refractivity contribution in [2.24, 2.45) is 17.6 Å². The maximum atomic E-state index is 14.0. The minimum atomic E-state index is -2.86. The Morgan fingerprint density at radius 2 is 2.03 bits per heavy atom. The summed E-state index contributed by atoms with van der Waals surface area (Å²) in [6.45, 7) is 0. The van der Waals surface area contributed by atoms with E-state index in [-0.39, 0.29) is 31.4 Å². The number of para-hydroxylation sites is 2. The number of aliphatic hydroxyl groups is 1. The number of fused-ring (bicyclic) bond motifs is 1. The third kappa shape index (κ3) is 6.34. The first-order chi connectivity index (χ1) is 16.7. The van der Waals surface area contributed by atoms with Crippen molar-refractivity contribution in [2.75, 3.05) is 0 Å². The van der Waals surface area contributed by atoms with Crippen molar-refractivity contribution in [1.29, 1.82) is 0 Å². The predicted molar refractivity (Wildman–Crippen MR) is 127 cm³/mol. The highest BCUT2D eigenvalue weighted by molar-refractivity contribution is 7.07. The van der Waals surface area contributed by atoms with E-state index in [1.165, 1.54) is 17.5 Å². The van der Waals surface area contributed by atoms with E-state index < -0.39 is 48.1 Å². The van der Waals surface area contributed by atoms with Crippen LogP contribution in [-0.4, -0.2) is 49.9 Å². The van der Waals surface area contributed by atoms with Crippen LogP contribution < -0.4 is 11.1 Å². The number of nitrogens with two attached hydrogens (primary N) is 1. The lowest BCUT2D eigenvalue weighted by molar-refractivity contribution is -0.128. The molecule has 1 aliphatic carbocycles. The van der Waals surface area contributed by atoms with Gasteiger partial charge in [-0.25, -0.2) is 18.7 Å². The van der Waals surface area contributed by atoms with E-state index in [0.29, 0.717) is 23.1 Å². The average molecular weight is 504 g/mol. The number of carbonyl (C=O) groups is 2. The van der Waals surface area contributed by atoms with Gasteiger partial charge in [0.1, 0.15) is 5.69 Å². The largest absolute Gasteiger partial charge is 0.391 e. The number of carbonyl (C=O) groups excluding carboxylic acids is 2. The molecule has 0 aliphatic heterocycles. The summed E-state index contributed by atoms with van der Waals surface area (Å²) in [4.78, 5) is 38.0. The lowest BCUT2D eigenvalue weighted by atomic mass is 9.75. The second-order valence-corrected chi connectivity index (χ2v) is 9.75. The van der Waals surface area contributed by atoms with E-state index in [1.54, 1.807) is 29.1 Å². The van der Waals surface area contributed by atoms with Crippen molar-refractivity contribution in [1.82, 2.24) is 20.3 Å². The lowest BCUT2D eigenvalue weighted by Crippen LogP contribution is -2.48. The van der Waals surface area contributed by atoms with Gasteiger partial charge in [0.05, 0.1) is 40.6 Å². The van der Waals surface area contributed by atoms with Gasteiger partial charge in [-0.05, 0) is 37.3 Å². The van der Waals surface area contributed by atoms with Crippen LogP contribution in [0.25, 0.3) is 11.0 Å². The van der Waals surface area contributed by atoms with Gasteiger partial charge in [-0.2, -0.15) is 0 Å². The van der Waals surface area contributed by atoms with Crippen molar-refractivity contribution < 1.29 is 23.5 Å². The van der Waals surface area contributed by atoms with Crippen LogP contribution >= 0.6 is 11.3 Å². The molecule has 186 valence electrons. The van der Waals surface area contributed by atoms with Gasteiger partial charge < -0.3 is 16.2 Å². The third-order valence-electron chi connectivity index (χ3n) is 6.48. The summed E-state index contributed by atoms with van der Waals surface area (Å²) >= 11 is 1.37. The van der Waals surface area contributed by atoms with Crippen molar-refractivity contribution in [3.8, 4) is 0 Å². The molecule has 1 aliphatic rings. The number of nitrogens with zero attached hydrogens (tertiary/aromatic N) is 3. The molecule has 1 aromatic carbocycles. The highest BCUT2D eigenvalue weighted by Gasteiger charge is 2.42. The van der Waals surface area contributed by atoms with Crippen LogP contribution in [0.15, 0.2) is 41.4 Å². The highest BCUT2D eigenvalue weighted by atomic mass is 32.1. The zero-order chi connectivity index (χ0) is 25.0. The normalized spacial score (nSPS) is 20.1. The predicted octanol–water partition coefficient (Wildman–Crippen LogP) is 3.11. The number of thiazole rings is 1. The minimum Gasteiger partial charge on any atom is -0.391 e. The number of amides is 2. The van der Waals surface area contributed by atoms with Gasteiger partial charge in [-0.1, -0.05) is 12.1 Å². The molecule has 0 saturated heterocycles. The molecule has 2 heterocycles. The Kier molecular flexibility index (Phi) is 7.66. The molecule has 0 radical (unpaired) electrons. The van der Waals surface area contributed by atoms with Gasteiger partial charge in [-0.15, -0.1) is 11.3 Å². The number of aliphatic hydroxyl groups excluding tert-OH is 1. The van der Waals surface area contributed by atoms with E-state index in [4.69, 9.17) is 5.73 Å². The Labute approximate surface area is 205 Å². The molecule has 8 nitrogen and oxygen atoms in total. The molecule has 4 unspecified atom stereocenters. The number of primary amides is 1. The Balaban J connectivity index is 1.52. The number of benzene rings is 1. The SMILES string of the molecule is NC(=O)C(CC(O)C(Cc1cscn1)NC(=O)c1cnc2ccccc2n1)C1CCCC(F)(F)C1. The van der Waals surface area contributed by atoms with Crippen molar-refractivity contribution in [3.05, 3.63) is 52.7 Å². The van der Waals surface area contributed by atoms with Gasteiger partial charge >= 0.3 is 0 Å². The monoisotopic (exact) mass is 503 g/mol. The number of halogens is 2. The van der Waals surface area contributed by atoms with Crippen LogP contribution in [0.4, 0.5) is 8.78 Å². The Hall–Kier alpha value is -3.05. The summed E-state index contributed by atoms with van der Waals surface area (Å²) in [7, 11) is 0. The van der Waals surface area contributed by atoms with Crippen LogP contribution in [0.1, 0.15) is 48.3 Å². The van der Waals surface area contributed by atoms with Crippen molar-refractivity contribution >= 4 is 34.2 Å². The molecule has 11 heteroatoms. The van der Waals surface area contributed by atoms with Crippen molar-refractivity contribution in [3.63, 3.8) is 0 Å². The van der Waals surface area contributed by atoms with Crippen LogP contribution in [0, 0.1) is 11.8 Å². The summed E-state index contributed by atoms with van der Waals surface area (Å²) in [5, 5.41) is 15.6. The fourth-order valence-corrected chi connectivity index (χ4v) is 5.25. The van der Waals surface area contributed by atoms with E-state index in [1.807, 2.05) is 6.07 Å². The highest BCUT2D eigenvalue weighted by Crippen LogP contribution is 2.41. The average Bonchev–Trinajstić information content (AvgIpc) is 3.34. The van der Waals surface area contributed by atoms with Crippen LogP contribution in [0.2, 0.25) is 0 Å². The Morgan fingerprint density at radius 3 is 2.71 bits per heavy atom. The van der Waals surface area contributed by atoms with Crippen molar-refractivity contribution in [2.45, 2.75) is 56.6 Å². The Morgan fingerprint density at radius 1 is 1.26 bits per heavy atom. The fourth-order valence-electron chi connectivity index (χ4n) is 4.68. The van der Waals surface area contributed by atoms with Gasteiger partial charge in [0.15, 0.2) is 0 Å². The molecule has 1 saturated carbocycles. The topological polar surface area (TPSA) is 131 Å². The van der Waals surface area contributed by atoms with Gasteiger partial charge in [-0.3, -0.25) is 14.6 Å². The summed E-state index contributed by atoms with van der Waals surface area (Å²) in [6, 6.07) is 6.26. The second kappa shape index (κ2) is 10.7. The molecular weight excluding hydrogens is 476 g/mol. The number of hydrogen-bond donors (Lipinski definition) is 3. The summed E-state index contributed by atoms with van der Waals surface area (Å²) in [5.41, 5.74) is 9.10. The summed E-state index contributed by atoms with van der Waals surface area (Å²) in [6.07, 6.45) is 0.235. The van der Waals surface area contributed by atoms with E-state index in [0.717, 1.165) is 0 Å². The second-order valence-electron chi connectivity index (χ2n) is 9.03. The quantitative estimate of drug-likeness (QED) is 0.411. The maximum absolute atomic E-state index is 14.0. The Bertz CT molecular complexity index is 1180. The molecule has 2 aromatic heterocycles. The van der Waals surface area contributed by atoms with E-state index >= 15 is 0 Å².